The van der Waals surface area contributed by atoms with Crippen molar-refractivity contribution in [2.45, 2.75) is 30.1 Å². The van der Waals surface area contributed by atoms with Gasteiger partial charge in [-0.3, -0.25) is 9.69 Å². The lowest BCUT2D eigenvalue weighted by Crippen LogP contribution is -2.56. The molecular formula is C22H21F3N4O2S. The first-order valence-electron chi connectivity index (χ1n) is 9.98. The predicted octanol–water partition coefficient (Wildman–Crippen LogP) is 3.81. The Labute approximate surface area is 188 Å². The topological polar surface area (TPSA) is 70.8 Å². The van der Waals surface area contributed by atoms with Crippen molar-refractivity contribution in [3.05, 3.63) is 53.6 Å². The SMILES string of the molecule is CN1CCC2(CC1)C(=O)N(c1ccc(C#N)c(C(F)(F)F)c1)C(S)N2c1ccc(O)cc1. The summed E-state index contributed by atoms with van der Waals surface area (Å²) >= 11 is 4.66. The molecule has 10 heteroatoms. The van der Waals surface area contributed by atoms with Gasteiger partial charge in [0.15, 0.2) is 5.50 Å². The summed E-state index contributed by atoms with van der Waals surface area (Å²) in [5.74, 6) is -0.275. The van der Waals surface area contributed by atoms with Gasteiger partial charge < -0.3 is 14.9 Å². The van der Waals surface area contributed by atoms with E-state index in [0.29, 0.717) is 31.6 Å². The second-order valence-corrected chi connectivity index (χ2v) is 8.54. The third kappa shape index (κ3) is 3.55. The molecule has 1 unspecified atom stereocenters. The molecule has 0 saturated carbocycles. The second-order valence-electron chi connectivity index (χ2n) is 8.08. The zero-order valence-electron chi connectivity index (χ0n) is 17.2. The normalized spacial score (nSPS) is 21.2. The Kier molecular flexibility index (Phi) is 5.51. The van der Waals surface area contributed by atoms with Crippen LogP contribution in [-0.4, -0.2) is 47.1 Å². The molecule has 0 bridgehead atoms. The molecule has 168 valence electrons. The van der Waals surface area contributed by atoms with E-state index in [1.807, 2.05) is 11.9 Å². The van der Waals surface area contributed by atoms with Crippen LogP contribution in [0.5, 0.6) is 5.75 Å². The van der Waals surface area contributed by atoms with E-state index in [0.717, 1.165) is 12.1 Å². The fourth-order valence-electron chi connectivity index (χ4n) is 4.47. The lowest BCUT2D eigenvalue weighted by Gasteiger charge is -2.43. The number of phenols is 1. The van der Waals surface area contributed by atoms with E-state index in [2.05, 4.69) is 17.5 Å². The lowest BCUT2D eigenvalue weighted by molar-refractivity contribution is -0.137. The number of thiol groups is 1. The number of carbonyl (C=O) groups excluding carboxylic acids is 1. The van der Waals surface area contributed by atoms with Gasteiger partial charge in [-0.05, 0) is 62.4 Å². The largest absolute Gasteiger partial charge is 0.508 e. The number of piperidine rings is 1. The molecule has 2 aliphatic heterocycles. The number of nitrogens with zero attached hydrogens (tertiary/aromatic N) is 4. The third-order valence-electron chi connectivity index (χ3n) is 6.19. The zero-order valence-corrected chi connectivity index (χ0v) is 18.1. The number of rotatable bonds is 2. The first kappa shape index (κ1) is 22.3. The maximum Gasteiger partial charge on any atom is 0.417 e. The fraction of sp³-hybridized carbons (Fsp3) is 0.364. The molecule has 1 atom stereocenters. The van der Waals surface area contributed by atoms with Crippen LogP contribution in [0.15, 0.2) is 42.5 Å². The predicted molar refractivity (Wildman–Crippen MR) is 116 cm³/mol. The summed E-state index contributed by atoms with van der Waals surface area (Å²) in [5.41, 5.74) is -2.79. The van der Waals surface area contributed by atoms with E-state index >= 15 is 0 Å². The molecule has 2 saturated heterocycles. The van der Waals surface area contributed by atoms with Crippen LogP contribution in [0.25, 0.3) is 0 Å². The molecule has 1 spiro atoms. The Balaban J connectivity index is 1.84. The summed E-state index contributed by atoms with van der Waals surface area (Å²) in [7, 11) is 1.95. The number of hydrogen-bond acceptors (Lipinski definition) is 6. The van der Waals surface area contributed by atoms with Crippen LogP contribution in [0.3, 0.4) is 0 Å². The summed E-state index contributed by atoms with van der Waals surface area (Å²) in [6.07, 6.45) is -3.80. The Morgan fingerprint density at radius 1 is 1.12 bits per heavy atom. The smallest absolute Gasteiger partial charge is 0.417 e. The quantitative estimate of drug-likeness (QED) is 0.665. The van der Waals surface area contributed by atoms with Crippen LogP contribution >= 0.6 is 12.6 Å². The van der Waals surface area contributed by atoms with Gasteiger partial charge in [-0.15, -0.1) is 12.6 Å². The number of likely N-dealkylation sites (tertiary alicyclic amines) is 1. The Morgan fingerprint density at radius 2 is 1.72 bits per heavy atom. The van der Waals surface area contributed by atoms with Gasteiger partial charge in [-0.1, -0.05) is 0 Å². The Hall–Kier alpha value is -2.90. The molecule has 2 aromatic rings. The average molecular weight is 462 g/mol. The Morgan fingerprint density at radius 3 is 2.28 bits per heavy atom. The van der Waals surface area contributed by atoms with E-state index in [4.69, 9.17) is 5.26 Å². The van der Waals surface area contributed by atoms with Crippen LogP contribution in [-0.2, 0) is 11.0 Å². The summed E-state index contributed by atoms with van der Waals surface area (Å²) in [4.78, 5) is 19.0. The molecule has 2 fully saturated rings. The molecular weight excluding hydrogens is 441 g/mol. The molecule has 0 radical (unpaired) electrons. The van der Waals surface area contributed by atoms with E-state index in [1.165, 1.54) is 23.1 Å². The maximum absolute atomic E-state index is 13.8. The van der Waals surface area contributed by atoms with E-state index < -0.39 is 28.3 Å². The van der Waals surface area contributed by atoms with Crippen LogP contribution in [0.4, 0.5) is 24.5 Å². The highest BCUT2D eigenvalue weighted by Gasteiger charge is 2.57. The lowest BCUT2D eigenvalue weighted by atomic mass is 9.85. The van der Waals surface area contributed by atoms with Crippen LogP contribution < -0.4 is 9.80 Å². The average Bonchev–Trinajstić information content (AvgIpc) is 2.96. The van der Waals surface area contributed by atoms with Crippen molar-refractivity contribution < 1.29 is 23.1 Å². The van der Waals surface area contributed by atoms with Crippen LogP contribution in [0.2, 0.25) is 0 Å². The summed E-state index contributed by atoms with van der Waals surface area (Å²) in [6.45, 7) is 1.27. The number of hydrogen-bond donors (Lipinski definition) is 2. The number of halogens is 3. The van der Waals surface area contributed by atoms with E-state index in [9.17, 15) is 23.1 Å². The van der Waals surface area contributed by atoms with Gasteiger partial charge in [0.05, 0.1) is 17.2 Å². The zero-order chi connectivity index (χ0) is 23.3. The number of nitriles is 1. The van der Waals surface area contributed by atoms with E-state index in [-0.39, 0.29) is 17.3 Å². The molecule has 1 amide bonds. The van der Waals surface area contributed by atoms with Gasteiger partial charge >= 0.3 is 6.18 Å². The highest BCUT2D eigenvalue weighted by molar-refractivity contribution is 7.81. The number of phenolic OH excluding ortho intramolecular Hbond substituents is 1. The molecule has 32 heavy (non-hydrogen) atoms. The highest BCUT2D eigenvalue weighted by atomic mass is 32.1. The van der Waals surface area contributed by atoms with E-state index in [1.54, 1.807) is 18.2 Å². The van der Waals surface area contributed by atoms with Crippen molar-refractivity contribution in [2.75, 3.05) is 29.9 Å². The van der Waals surface area contributed by atoms with Crippen LogP contribution in [0.1, 0.15) is 24.0 Å². The second kappa shape index (κ2) is 7.90. The monoisotopic (exact) mass is 462 g/mol. The van der Waals surface area contributed by atoms with Crippen molar-refractivity contribution in [1.29, 1.82) is 5.26 Å². The molecule has 6 nitrogen and oxygen atoms in total. The highest BCUT2D eigenvalue weighted by Crippen LogP contribution is 2.46. The molecule has 1 N–H and O–H groups in total. The molecule has 2 heterocycles. The molecule has 0 aromatic heterocycles. The molecule has 2 aliphatic rings. The van der Waals surface area contributed by atoms with Gasteiger partial charge in [0.2, 0.25) is 0 Å². The van der Waals surface area contributed by atoms with Gasteiger partial charge in [0.25, 0.3) is 5.91 Å². The first-order valence-corrected chi connectivity index (χ1v) is 10.5. The van der Waals surface area contributed by atoms with Crippen LogP contribution in [0, 0.1) is 11.3 Å². The summed E-state index contributed by atoms with van der Waals surface area (Å²) in [5, 5.41) is 18.8. The molecule has 4 rings (SSSR count). The van der Waals surface area contributed by atoms with Gasteiger partial charge in [0, 0.05) is 24.5 Å². The summed E-state index contributed by atoms with van der Waals surface area (Å²) in [6, 6.07) is 11.1. The minimum absolute atomic E-state index is 0.0286. The minimum Gasteiger partial charge on any atom is -0.508 e. The number of anilines is 2. The maximum atomic E-state index is 13.8. The number of benzene rings is 2. The van der Waals surface area contributed by atoms with Gasteiger partial charge in [-0.2, -0.15) is 18.4 Å². The summed E-state index contributed by atoms with van der Waals surface area (Å²) < 4.78 is 40.7. The van der Waals surface area contributed by atoms with Gasteiger partial charge in [0.1, 0.15) is 11.3 Å². The number of amides is 1. The standard InChI is InChI=1S/C22H21F3N4O2S/c1-27-10-8-21(9-11-27)19(31)28(20(32)29(21)15-4-6-17(30)7-5-15)16-3-2-14(13-26)18(12-16)22(23,24)25/h2-7,12,20,30,32H,8-11H2,1H3. The Bertz CT molecular complexity index is 1080. The number of aromatic hydroxyl groups is 1. The number of alkyl halides is 3. The van der Waals surface area contributed by atoms with Crippen molar-refractivity contribution in [2.24, 2.45) is 0 Å². The first-order chi connectivity index (χ1) is 15.1. The minimum atomic E-state index is -4.74. The van der Waals surface area contributed by atoms with Gasteiger partial charge in [-0.25, -0.2) is 0 Å². The third-order valence-corrected chi connectivity index (χ3v) is 6.65. The van der Waals surface area contributed by atoms with Crippen molar-refractivity contribution in [3.63, 3.8) is 0 Å². The number of carbonyl (C=O) groups is 1. The fourth-order valence-corrected chi connectivity index (χ4v) is 5.06. The van der Waals surface area contributed by atoms with Crippen molar-refractivity contribution >= 4 is 29.9 Å². The van der Waals surface area contributed by atoms with Crippen molar-refractivity contribution in [3.8, 4) is 11.8 Å². The van der Waals surface area contributed by atoms with Crippen molar-refractivity contribution in [1.82, 2.24) is 4.90 Å². The molecule has 2 aromatic carbocycles. The molecule has 0 aliphatic carbocycles.